The molecule has 1 aliphatic rings. The van der Waals surface area contributed by atoms with E-state index < -0.39 is 0 Å². The van der Waals surface area contributed by atoms with E-state index in [4.69, 9.17) is 0 Å². The lowest BCUT2D eigenvalue weighted by molar-refractivity contribution is 0.293. The number of aryl methyl sites for hydroxylation is 1. The van der Waals surface area contributed by atoms with Crippen LogP contribution in [0.2, 0.25) is 0 Å². The van der Waals surface area contributed by atoms with Crippen molar-refractivity contribution in [3.05, 3.63) is 29.6 Å². The van der Waals surface area contributed by atoms with Crippen molar-refractivity contribution < 1.29 is 4.39 Å². The molecule has 0 spiro atoms. The van der Waals surface area contributed by atoms with Crippen LogP contribution in [0.25, 0.3) is 0 Å². The third kappa shape index (κ3) is 3.45. The molecule has 2 rings (SSSR count). The van der Waals surface area contributed by atoms with Gasteiger partial charge in [0.25, 0.3) is 0 Å². The summed E-state index contributed by atoms with van der Waals surface area (Å²) >= 11 is 0. The number of halogens is 1. The van der Waals surface area contributed by atoms with Gasteiger partial charge in [0.1, 0.15) is 5.82 Å². The van der Waals surface area contributed by atoms with Gasteiger partial charge in [-0.15, -0.1) is 0 Å². The summed E-state index contributed by atoms with van der Waals surface area (Å²) in [5.41, 5.74) is 2.07. The Kier molecular flexibility index (Phi) is 4.03. The molecule has 0 amide bonds. The fourth-order valence-corrected chi connectivity index (χ4v) is 2.82. The van der Waals surface area contributed by atoms with E-state index in [-0.39, 0.29) is 5.82 Å². The smallest absolute Gasteiger partial charge is 0.123 e. The highest BCUT2D eigenvalue weighted by atomic mass is 19.1. The van der Waals surface area contributed by atoms with Crippen molar-refractivity contribution in [2.75, 3.05) is 11.9 Å². The molecular weight excluding hydrogens is 213 g/mol. The van der Waals surface area contributed by atoms with E-state index in [9.17, 15) is 4.39 Å². The molecular formula is C15H22FN. The van der Waals surface area contributed by atoms with Crippen LogP contribution in [0.1, 0.15) is 38.2 Å². The maximum Gasteiger partial charge on any atom is 0.123 e. The number of nitrogens with one attached hydrogen (secondary N) is 1. The van der Waals surface area contributed by atoms with Crippen LogP contribution in [0.15, 0.2) is 18.2 Å². The highest BCUT2D eigenvalue weighted by molar-refractivity contribution is 5.50. The lowest BCUT2D eigenvalue weighted by Gasteiger charge is -2.27. The van der Waals surface area contributed by atoms with Gasteiger partial charge in [-0.25, -0.2) is 4.39 Å². The van der Waals surface area contributed by atoms with Gasteiger partial charge in [0, 0.05) is 12.2 Å². The van der Waals surface area contributed by atoms with E-state index in [1.807, 2.05) is 13.0 Å². The van der Waals surface area contributed by atoms with E-state index >= 15 is 0 Å². The monoisotopic (exact) mass is 235 g/mol. The average Bonchev–Trinajstić information content (AvgIpc) is 2.28. The van der Waals surface area contributed by atoms with Gasteiger partial charge in [0.2, 0.25) is 0 Å². The fourth-order valence-electron chi connectivity index (χ4n) is 2.82. The Morgan fingerprint density at radius 1 is 1.35 bits per heavy atom. The highest BCUT2D eigenvalue weighted by Crippen LogP contribution is 2.29. The van der Waals surface area contributed by atoms with Crippen molar-refractivity contribution >= 4 is 5.69 Å². The molecule has 2 atom stereocenters. The van der Waals surface area contributed by atoms with Gasteiger partial charge in [-0.1, -0.05) is 19.8 Å². The summed E-state index contributed by atoms with van der Waals surface area (Å²) in [7, 11) is 0. The molecule has 0 bridgehead atoms. The van der Waals surface area contributed by atoms with Gasteiger partial charge in [-0.05, 0) is 55.4 Å². The summed E-state index contributed by atoms with van der Waals surface area (Å²) in [6.07, 6.45) is 5.40. The van der Waals surface area contributed by atoms with Gasteiger partial charge < -0.3 is 5.32 Å². The van der Waals surface area contributed by atoms with Crippen molar-refractivity contribution in [2.24, 2.45) is 11.8 Å². The topological polar surface area (TPSA) is 12.0 Å². The fraction of sp³-hybridized carbons (Fsp3) is 0.600. The van der Waals surface area contributed by atoms with Gasteiger partial charge in [0.05, 0.1) is 0 Å². The molecule has 0 aliphatic heterocycles. The molecule has 94 valence electrons. The second kappa shape index (κ2) is 5.52. The summed E-state index contributed by atoms with van der Waals surface area (Å²) < 4.78 is 13.0. The lowest BCUT2D eigenvalue weighted by atomic mass is 9.82. The molecule has 0 aromatic heterocycles. The summed E-state index contributed by atoms with van der Waals surface area (Å²) in [4.78, 5) is 0. The number of benzene rings is 1. The SMILES string of the molecule is Cc1cc(F)ccc1NCC1CCCC(C)C1. The zero-order valence-corrected chi connectivity index (χ0v) is 10.8. The van der Waals surface area contributed by atoms with E-state index in [1.165, 1.54) is 31.7 Å². The minimum Gasteiger partial charge on any atom is -0.385 e. The third-order valence-corrected chi connectivity index (χ3v) is 3.81. The molecule has 0 heterocycles. The first-order valence-electron chi connectivity index (χ1n) is 6.65. The Hall–Kier alpha value is -1.05. The molecule has 0 saturated heterocycles. The standard InChI is InChI=1S/C15H22FN/c1-11-4-3-5-13(8-11)10-17-15-7-6-14(16)9-12(15)2/h6-7,9,11,13,17H,3-5,8,10H2,1-2H3. The van der Waals surface area contributed by atoms with Crippen LogP contribution in [-0.4, -0.2) is 6.54 Å². The highest BCUT2D eigenvalue weighted by Gasteiger charge is 2.18. The average molecular weight is 235 g/mol. The molecule has 1 saturated carbocycles. The first-order valence-corrected chi connectivity index (χ1v) is 6.65. The Bertz CT molecular complexity index is 375. The van der Waals surface area contributed by atoms with Crippen molar-refractivity contribution in [2.45, 2.75) is 39.5 Å². The molecule has 1 aromatic carbocycles. The van der Waals surface area contributed by atoms with Crippen LogP contribution in [0.3, 0.4) is 0 Å². The van der Waals surface area contributed by atoms with Crippen LogP contribution < -0.4 is 5.32 Å². The summed E-state index contributed by atoms with van der Waals surface area (Å²) in [5.74, 6) is 1.49. The van der Waals surface area contributed by atoms with E-state index in [2.05, 4.69) is 12.2 Å². The lowest BCUT2D eigenvalue weighted by Crippen LogP contribution is -2.21. The Balaban J connectivity index is 1.88. The number of anilines is 1. The number of rotatable bonds is 3. The molecule has 1 aliphatic carbocycles. The van der Waals surface area contributed by atoms with Crippen molar-refractivity contribution in [1.82, 2.24) is 0 Å². The van der Waals surface area contributed by atoms with Crippen LogP contribution in [-0.2, 0) is 0 Å². The largest absolute Gasteiger partial charge is 0.385 e. The van der Waals surface area contributed by atoms with Gasteiger partial charge in [-0.3, -0.25) is 0 Å². The third-order valence-electron chi connectivity index (χ3n) is 3.81. The predicted molar refractivity (Wildman–Crippen MR) is 70.7 cm³/mol. The minimum absolute atomic E-state index is 0.153. The normalized spacial score (nSPS) is 24.6. The Labute approximate surface area is 103 Å². The van der Waals surface area contributed by atoms with Gasteiger partial charge >= 0.3 is 0 Å². The summed E-state index contributed by atoms with van der Waals surface area (Å²) in [6, 6.07) is 4.96. The van der Waals surface area contributed by atoms with Crippen LogP contribution >= 0.6 is 0 Å². The molecule has 1 fully saturated rings. The number of hydrogen-bond donors (Lipinski definition) is 1. The first kappa shape index (κ1) is 12.4. The predicted octanol–water partition coefficient (Wildman–Crippen LogP) is 4.37. The van der Waals surface area contributed by atoms with E-state index in [1.54, 1.807) is 6.07 Å². The minimum atomic E-state index is -0.153. The molecule has 1 aromatic rings. The quantitative estimate of drug-likeness (QED) is 0.820. The molecule has 1 N–H and O–H groups in total. The Morgan fingerprint density at radius 3 is 2.88 bits per heavy atom. The van der Waals surface area contributed by atoms with Gasteiger partial charge in [-0.2, -0.15) is 0 Å². The van der Waals surface area contributed by atoms with E-state index in [0.717, 1.165) is 29.6 Å². The zero-order chi connectivity index (χ0) is 12.3. The summed E-state index contributed by atoms with van der Waals surface area (Å²) in [6.45, 7) is 5.32. The van der Waals surface area contributed by atoms with Crippen LogP contribution in [0.5, 0.6) is 0 Å². The van der Waals surface area contributed by atoms with Crippen molar-refractivity contribution in [1.29, 1.82) is 0 Å². The maximum atomic E-state index is 13.0. The number of hydrogen-bond acceptors (Lipinski definition) is 1. The zero-order valence-electron chi connectivity index (χ0n) is 10.8. The van der Waals surface area contributed by atoms with Gasteiger partial charge in [0.15, 0.2) is 0 Å². The molecule has 1 nitrogen and oxygen atoms in total. The molecule has 17 heavy (non-hydrogen) atoms. The second-order valence-electron chi connectivity index (χ2n) is 5.48. The summed E-state index contributed by atoms with van der Waals surface area (Å²) in [5, 5.41) is 3.46. The molecule has 2 unspecified atom stereocenters. The van der Waals surface area contributed by atoms with Crippen LogP contribution in [0, 0.1) is 24.6 Å². The first-order chi connectivity index (χ1) is 8.15. The van der Waals surface area contributed by atoms with Crippen molar-refractivity contribution in [3.8, 4) is 0 Å². The van der Waals surface area contributed by atoms with E-state index in [0.29, 0.717) is 0 Å². The Morgan fingerprint density at radius 2 is 2.18 bits per heavy atom. The molecule has 2 heteroatoms. The van der Waals surface area contributed by atoms with Crippen molar-refractivity contribution in [3.63, 3.8) is 0 Å². The second-order valence-corrected chi connectivity index (χ2v) is 5.48. The molecule has 0 radical (unpaired) electrons. The van der Waals surface area contributed by atoms with Crippen LogP contribution in [0.4, 0.5) is 10.1 Å². The maximum absolute atomic E-state index is 13.0.